The Morgan fingerprint density at radius 1 is 1.26 bits per heavy atom. The van der Waals surface area contributed by atoms with Crippen LogP contribution in [-0.4, -0.2) is 49.8 Å². The van der Waals surface area contributed by atoms with Gasteiger partial charge >= 0.3 is 5.97 Å². The van der Waals surface area contributed by atoms with Crippen LogP contribution in [0, 0.1) is 22.7 Å². The first-order valence-corrected chi connectivity index (χ1v) is 11.5. The highest BCUT2D eigenvalue weighted by molar-refractivity contribution is 5.88. The zero-order valence-corrected chi connectivity index (χ0v) is 19.8. The smallest absolute Gasteiger partial charge is 0.336 e. The molecule has 1 heterocycles. The van der Waals surface area contributed by atoms with Crippen LogP contribution in [0.15, 0.2) is 23.5 Å². The molecule has 0 aromatic rings. The van der Waals surface area contributed by atoms with Crippen molar-refractivity contribution in [2.75, 3.05) is 0 Å². The van der Waals surface area contributed by atoms with Gasteiger partial charge in [0.15, 0.2) is 0 Å². The number of carbonyl (C=O) groups is 1. The van der Waals surface area contributed by atoms with E-state index in [4.69, 9.17) is 4.74 Å². The summed E-state index contributed by atoms with van der Waals surface area (Å²) in [5, 5.41) is 43.7. The minimum Gasteiger partial charge on any atom is -0.423 e. The number of esters is 1. The molecular formula is C25H40O6. The highest BCUT2D eigenvalue weighted by atomic mass is 16.5. The summed E-state index contributed by atoms with van der Waals surface area (Å²) in [6, 6.07) is 0. The van der Waals surface area contributed by atoms with Gasteiger partial charge in [0, 0.05) is 6.08 Å². The minimum absolute atomic E-state index is 0.0669. The Bertz CT molecular complexity index is 777. The fourth-order valence-electron chi connectivity index (χ4n) is 6.70. The lowest BCUT2D eigenvalue weighted by Gasteiger charge is -2.62. The molecule has 0 spiro atoms. The number of rotatable bonds is 5. The Balaban J connectivity index is 1.79. The van der Waals surface area contributed by atoms with Gasteiger partial charge in [-0.2, -0.15) is 0 Å². The van der Waals surface area contributed by atoms with E-state index >= 15 is 0 Å². The Labute approximate surface area is 186 Å². The largest absolute Gasteiger partial charge is 0.423 e. The summed E-state index contributed by atoms with van der Waals surface area (Å²) in [5.41, 5.74) is -2.09. The monoisotopic (exact) mass is 436 g/mol. The molecule has 1 aliphatic heterocycles. The van der Waals surface area contributed by atoms with Gasteiger partial charge in [0.2, 0.25) is 0 Å². The first kappa shape index (κ1) is 24.4. The molecule has 0 radical (unpaired) electrons. The van der Waals surface area contributed by atoms with Gasteiger partial charge in [-0.05, 0) is 93.6 Å². The SMILES string of the molecule is CC1=CC(=O)OC1=C[C@H](O)[C@@](C)(O)CC[C@@H]1[C@@]2(C)CC[C@H](O)C(C)(C)[C@@H]2CC[C@@]1(C)O. The van der Waals surface area contributed by atoms with Crippen LogP contribution < -0.4 is 0 Å². The number of allylic oxidation sites excluding steroid dienone is 1. The van der Waals surface area contributed by atoms with Gasteiger partial charge in [-0.3, -0.25) is 0 Å². The van der Waals surface area contributed by atoms with E-state index in [1.165, 1.54) is 12.2 Å². The van der Waals surface area contributed by atoms with Gasteiger partial charge in [-0.15, -0.1) is 0 Å². The van der Waals surface area contributed by atoms with E-state index in [2.05, 4.69) is 20.8 Å². The van der Waals surface area contributed by atoms with Crippen LogP contribution in [0.25, 0.3) is 0 Å². The number of cyclic esters (lactones) is 1. The Morgan fingerprint density at radius 2 is 1.90 bits per heavy atom. The number of carbonyl (C=O) groups excluding carboxylic acids is 1. The number of hydrogen-bond donors (Lipinski definition) is 4. The topological polar surface area (TPSA) is 107 Å². The maximum atomic E-state index is 11.4. The number of ether oxygens (including phenoxy) is 1. The second-order valence-corrected chi connectivity index (χ2v) is 11.5. The molecule has 2 aliphatic carbocycles. The van der Waals surface area contributed by atoms with Crippen molar-refractivity contribution in [2.24, 2.45) is 22.7 Å². The standard InChI is InChI=1S/C25H40O6/c1-15-13-21(28)31-16(15)14-20(27)25(6,30)12-8-18-23(4)10-9-19(26)22(2,3)17(23)7-11-24(18,5)29/h13-14,17-20,26-27,29-30H,7-12H2,1-6H3/t17-,18+,19-,20-,23-,24+,25-/m0/s1. The molecule has 0 amide bonds. The average Bonchev–Trinajstić information content (AvgIpc) is 2.94. The molecule has 2 saturated carbocycles. The van der Waals surface area contributed by atoms with Gasteiger partial charge in [-0.25, -0.2) is 4.79 Å². The third-order valence-electron chi connectivity index (χ3n) is 8.81. The number of aliphatic hydroxyl groups excluding tert-OH is 2. The van der Waals surface area contributed by atoms with Gasteiger partial charge in [0.25, 0.3) is 0 Å². The van der Waals surface area contributed by atoms with E-state index in [9.17, 15) is 25.2 Å². The molecule has 0 aromatic carbocycles. The Morgan fingerprint density at radius 3 is 2.48 bits per heavy atom. The van der Waals surface area contributed by atoms with E-state index < -0.39 is 23.3 Å². The molecule has 31 heavy (non-hydrogen) atoms. The molecule has 0 bridgehead atoms. The van der Waals surface area contributed by atoms with Crippen molar-refractivity contribution < 1.29 is 30.0 Å². The molecule has 3 rings (SSSR count). The van der Waals surface area contributed by atoms with Crippen molar-refractivity contribution in [1.29, 1.82) is 0 Å². The molecule has 7 atom stereocenters. The van der Waals surface area contributed by atoms with E-state index in [0.29, 0.717) is 31.3 Å². The van der Waals surface area contributed by atoms with Crippen molar-refractivity contribution in [3.05, 3.63) is 23.5 Å². The second kappa shape index (κ2) is 7.98. The van der Waals surface area contributed by atoms with E-state index in [1.54, 1.807) is 13.8 Å². The van der Waals surface area contributed by atoms with Crippen LogP contribution in [0.5, 0.6) is 0 Å². The van der Waals surface area contributed by atoms with Crippen molar-refractivity contribution in [3.63, 3.8) is 0 Å². The lowest BCUT2D eigenvalue weighted by atomic mass is 9.44. The van der Waals surface area contributed by atoms with Gasteiger partial charge in [0.1, 0.15) is 11.9 Å². The lowest BCUT2D eigenvalue weighted by Crippen LogP contribution is -2.60. The molecule has 0 aromatic heterocycles. The summed E-state index contributed by atoms with van der Waals surface area (Å²) in [5.74, 6) is 0.00633. The summed E-state index contributed by atoms with van der Waals surface area (Å²) in [6.45, 7) is 11.7. The summed E-state index contributed by atoms with van der Waals surface area (Å²) < 4.78 is 5.08. The Hall–Kier alpha value is -1.21. The number of hydrogen-bond acceptors (Lipinski definition) is 6. The predicted octanol–water partition coefficient (Wildman–Crippen LogP) is 3.23. The molecule has 0 unspecified atom stereocenters. The highest BCUT2D eigenvalue weighted by Gasteiger charge is 2.60. The molecule has 4 N–H and O–H groups in total. The van der Waals surface area contributed by atoms with E-state index in [-0.39, 0.29) is 34.5 Å². The van der Waals surface area contributed by atoms with Crippen molar-refractivity contribution in [2.45, 2.75) is 103 Å². The van der Waals surface area contributed by atoms with E-state index in [1.807, 2.05) is 6.92 Å². The molecular weight excluding hydrogens is 396 g/mol. The normalized spacial score (nSPS) is 41.9. The van der Waals surface area contributed by atoms with E-state index in [0.717, 1.165) is 12.8 Å². The van der Waals surface area contributed by atoms with Crippen molar-refractivity contribution in [1.82, 2.24) is 0 Å². The van der Waals surface area contributed by atoms with Gasteiger partial charge in [-0.1, -0.05) is 20.8 Å². The zero-order valence-electron chi connectivity index (χ0n) is 19.8. The molecule has 6 nitrogen and oxygen atoms in total. The number of fused-ring (bicyclic) bond motifs is 1. The third-order valence-corrected chi connectivity index (χ3v) is 8.81. The Kier molecular flexibility index (Phi) is 6.29. The van der Waals surface area contributed by atoms with Crippen molar-refractivity contribution >= 4 is 5.97 Å². The molecule has 0 saturated heterocycles. The molecule has 6 heteroatoms. The highest BCUT2D eigenvalue weighted by Crippen LogP contribution is 2.63. The molecule has 176 valence electrons. The number of aliphatic hydroxyl groups is 4. The summed E-state index contributed by atoms with van der Waals surface area (Å²) in [4.78, 5) is 11.4. The van der Waals surface area contributed by atoms with Crippen LogP contribution >= 0.6 is 0 Å². The quantitative estimate of drug-likeness (QED) is 0.493. The fraction of sp³-hybridized carbons (Fsp3) is 0.800. The summed E-state index contributed by atoms with van der Waals surface area (Å²) in [7, 11) is 0. The first-order chi connectivity index (χ1) is 14.1. The maximum absolute atomic E-state index is 11.4. The summed E-state index contributed by atoms with van der Waals surface area (Å²) >= 11 is 0. The second-order valence-electron chi connectivity index (χ2n) is 11.5. The summed E-state index contributed by atoms with van der Waals surface area (Å²) in [6.07, 6.45) is 5.08. The minimum atomic E-state index is -1.44. The first-order valence-electron chi connectivity index (χ1n) is 11.5. The average molecular weight is 437 g/mol. The molecule has 3 aliphatic rings. The van der Waals surface area contributed by atoms with Crippen LogP contribution in [0.3, 0.4) is 0 Å². The van der Waals surface area contributed by atoms with Crippen LogP contribution in [0.1, 0.15) is 80.1 Å². The lowest BCUT2D eigenvalue weighted by molar-refractivity contribution is -0.199. The third kappa shape index (κ3) is 4.37. The van der Waals surface area contributed by atoms with Gasteiger partial charge in [0.05, 0.1) is 17.3 Å². The van der Waals surface area contributed by atoms with Gasteiger partial charge < -0.3 is 25.2 Å². The van der Waals surface area contributed by atoms with Crippen LogP contribution in [0.2, 0.25) is 0 Å². The zero-order chi connectivity index (χ0) is 23.4. The fourth-order valence-corrected chi connectivity index (χ4v) is 6.70. The molecule has 2 fully saturated rings. The van der Waals surface area contributed by atoms with Crippen LogP contribution in [0.4, 0.5) is 0 Å². The van der Waals surface area contributed by atoms with Crippen molar-refractivity contribution in [3.8, 4) is 0 Å². The predicted molar refractivity (Wildman–Crippen MR) is 118 cm³/mol. The maximum Gasteiger partial charge on any atom is 0.336 e. The van der Waals surface area contributed by atoms with Crippen LogP contribution in [-0.2, 0) is 9.53 Å².